The van der Waals surface area contributed by atoms with E-state index in [1.54, 1.807) is 0 Å². The molecule has 2 rings (SSSR count). The number of piperazine rings is 1. The van der Waals surface area contributed by atoms with Gasteiger partial charge in [0.1, 0.15) is 5.75 Å². The monoisotopic (exact) mass is 262 g/mol. The molecule has 0 aromatic heterocycles. The highest BCUT2D eigenvalue weighted by Gasteiger charge is 2.26. The highest BCUT2D eigenvalue weighted by Crippen LogP contribution is 2.24. The van der Waals surface area contributed by atoms with E-state index in [4.69, 9.17) is 0 Å². The molecule has 0 bridgehead atoms. The van der Waals surface area contributed by atoms with Gasteiger partial charge in [-0.05, 0) is 51.4 Å². The molecule has 106 valence electrons. The summed E-state index contributed by atoms with van der Waals surface area (Å²) in [5.74, 6) is 0.434. The van der Waals surface area contributed by atoms with Gasteiger partial charge in [0.05, 0.1) is 0 Å². The van der Waals surface area contributed by atoms with Gasteiger partial charge < -0.3 is 5.11 Å². The maximum absolute atomic E-state index is 9.84. The molecule has 1 saturated heterocycles. The van der Waals surface area contributed by atoms with Gasteiger partial charge >= 0.3 is 0 Å². The van der Waals surface area contributed by atoms with Gasteiger partial charge in [-0.2, -0.15) is 0 Å². The third-order valence-electron chi connectivity index (χ3n) is 4.39. The highest BCUT2D eigenvalue weighted by molar-refractivity contribution is 5.42. The standard InChI is InChI=1S/C16H26N2O/c1-11-6-15(7-12(2)16(11)19)10-18-8-13(3)17(5)14(4)9-18/h6-7,13-14,19H,8-10H2,1-5H3. The van der Waals surface area contributed by atoms with Gasteiger partial charge in [0, 0.05) is 31.7 Å². The topological polar surface area (TPSA) is 26.7 Å². The van der Waals surface area contributed by atoms with E-state index in [2.05, 4.69) is 42.8 Å². The van der Waals surface area contributed by atoms with Crippen LogP contribution in [-0.2, 0) is 6.54 Å². The number of likely N-dealkylation sites (N-methyl/N-ethyl adjacent to an activating group) is 1. The van der Waals surface area contributed by atoms with Crippen LogP contribution in [0.2, 0.25) is 0 Å². The van der Waals surface area contributed by atoms with Crippen molar-refractivity contribution in [3.8, 4) is 5.75 Å². The van der Waals surface area contributed by atoms with Crippen LogP contribution < -0.4 is 0 Å². The average Bonchev–Trinajstić information content (AvgIpc) is 2.33. The van der Waals surface area contributed by atoms with E-state index in [0.29, 0.717) is 17.8 Å². The number of phenolic OH excluding ortho intramolecular Hbond substituents is 1. The minimum Gasteiger partial charge on any atom is -0.507 e. The predicted molar refractivity (Wildman–Crippen MR) is 79.5 cm³/mol. The van der Waals surface area contributed by atoms with E-state index >= 15 is 0 Å². The largest absolute Gasteiger partial charge is 0.507 e. The van der Waals surface area contributed by atoms with Crippen LogP contribution in [0.4, 0.5) is 0 Å². The summed E-state index contributed by atoms with van der Waals surface area (Å²) < 4.78 is 0. The van der Waals surface area contributed by atoms with E-state index in [0.717, 1.165) is 30.8 Å². The van der Waals surface area contributed by atoms with Gasteiger partial charge in [-0.15, -0.1) is 0 Å². The van der Waals surface area contributed by atoms with E-state index < -0.39 is 0 Å². The summed E-state index contributed by atoms with van der Waals surface area (Å²) in [6.07, 6.45) is 0. The van der Waals surface area contributed by atoms with E-state index in [1.807, 2.05) is 13.8 Å². The minimum atomic E-state index is 0.434. The zero-order chi connectivity index (χ0) is 14.2. The molecule has 1 aliphatic rings. The lowest BCUT2D eigenvalue weighted by Gasteiger charge is -2.42. The van der Waals surface area contributed by atoms with Crippen LogP contribution in [0.15, 0.2) is 12.1 Å². The maximum atomic E-state index is 9.84. The number of hydrogen-bond donors (Lipinski definition) is 1. The molecule has 1 N–H and O–H groups in total. The van der Waals surface area contributed by atoms with Crippen LogP contribution in [0.1, 0.15) is 30.5 Å². The molecule has 1 aliphatic heterocycles. The lowest BCUT2D eigenvalue weighted by Crippen LogP contribution is -2.54. The van der Waals surface area contributed by atoms with Crippen molar-refractivity contribution in [1.29, 1.82) is 0 Å². The first-order chi connectivity index (χ1) is 8.88. The molecule has 2 unspecified atom stereocenters. The van der Waals surface area contributed by atoms with Crippen LogP contribution in [-0.4, -0.2) is 47.1 Å². The summed E-state index contributed by atoms with van der Waals surface area (Å²) in [5, 5.41) is 9.84. The number of aryl methyl sites for hydroxylation is 2. The SMILES string of the molecule is Cc1cc(CN2CC(C)N(C)C(C)C2)cc(C)c1O. The second-order valence-corrected chi connectivity index (χ2v) is 6.14. The Morgan fingerprint density at radius 2 is 1.58 bits per heavy atom. The van der Waals surface area contributed by atoms with Crippen molar-refractivity contribution in [2.75, 3.05) is 20.1 Å². The molecule has 0 spiro atoms. The Morgan fingerprint density at radius 1 is 1.11 bits per heavy atom. The Balaban J connectivity index is 2.09. The molecule has 1 aromatic carbocycles. The summed E-state index contributed by atoms with van der Waals surface area (Å²) in [7, 11) is 2.21. The van der Waals surface area contributed by atoms with Crippen LogP contribution >= 0.6 is 0 Å². The number of nitrogens with zero attached hydrogens (tertiary/aromatic N) is 2. The third kappa shape index (κ3) is 3.10. The number of phenols is 1. The van der Waals surface area contributed by atoms with Crippen molar-refractivity contribution in [3.05, 3.63) is 28.8 Å². The normalized spacial score (nSPS) is 25.7. The predicted octanol–water partition coefficient (Wildman–Crippen LogP) is 2.53. The fourth-order valence-electron chi connectivity index (χ4n) is 3.04. The second-order valence-electron chi connectivity index (χ2n) is 6.14. The van der Waals surface area contributed by atoms with Crippen molar-refractivity contribution in [3.63, 3.8) is 0 Å². The molecule has 19 heavy (non-hydrogen) atoms. The lowest BCUT2D eigenvalue weighted by molar-refractivity contribution is 0.0556. The smallest absolute Gasteiger partial charge is 0.121 e. The fraction of sp³-hybridized carbons (Fsp3) is 0.625. The van der Waals surface area contributed by atoms with E-state index in [-0.39, 0.29) is 0 Å². The lowest BCUT2D eigenvalue weighted by atomic mass is 10.0. The number of aromatic hydroxyl groups is 1. The molecular formula is C16H26N2O. The van der Waals surface area contributed by atoms with Gasteiger partial charge in [-0.3, -0.25) is 9.80 Å². The number of rotatable bonds is 2. The molecule has 1 heterocycles. The Morgan fingerprint density at radius 3 is 2.05 bits per heavy atom. The number of benzene rings is 1. The molecule has 1 aromatic rings. The van der Waals surface area contributed by atoms with Crippen LogP contribution in [0.3, 0.4) is 0 Å². The summed E-state index contributed by atoms with van der Waals surface area (Å²) in [4.78, 5) is 4.96. The Kier molecular flexibility index (Phi) is 4.16. The van der Waals surface area contributed by atoms with Gasteiger partial charge in [0.2, 0.25) is 0 Å². The summed E-state index contributed by atoms with van der Waals surface area (Å²) >= 11 is 0. The first-order valence-corrected chi connectivity index (χ1v) is 7.12. The van der Waals surface area contributed by atoms with Gasteiger partial charge in [0.25, 0.3) is 0 Å². The molecule has 0 amide bonds. The van der Waals surface area contributed by atoms with Gasteiger partial charge in [0.15, 0.2) is 0 Å². The molecule has 0 radical (unpaired) electrons. The summed E-state index contributed by atoms with van der Waals surface area (Å²) in [5.41, 5.74) is 3.26. The van der Waals surface area contributed by atoms with Gasteiger partial charge in [-0.1, -0.05) is 12.1 Å². The molecule has 0 aliphatic carbocycles. The summed E-state index contributed by atoms with van der Waals surface area (Å²) in [6.45, 7) is 11.7. The third-order valence-corrected chi connectivity index (χ3v) is 4.39. The molecule has 3 heteroatoms. The molecule has 1 fully saturated rings. The summed E-state index contributed by atoms with van der Waals surface area (Å²) in [6, 6.07) is 5.41. The van der Waals surface area contributed by atoms with Gasteiger partial charge in [-0.25, -0.2) is 0 Å². The quantitative estimate of drug-likeness (QED) is 0.887. The second kappa shape index (κ2) is 5.51. The zero-order valence-electron chi connectivity index (χ0n) is 12.8. The van der Waals surface area contributed by atoms with Crippen molar-refractivity contribution >= 4 is 0 Å². The van der Waals surface area contributed by atoms with Crippen LogP contribution in [0, 0.1) is 13.8 Å². The van der Waals surface area contributed by atoms with Crippen LogP contribution in [0.25, 0.3) is 0 Å². The first kappa shape index (κ1) is 14.4. The van der Waals surface area contributed by atoms with E-state index in [1.165, 1.54) is 5.56 Å². The first-order valence-electron chi connectivity index (χ1n) is 7.12. The average molecular weight is 262 g/mol. The van der Waals surface area contributed by atoms with Crippen LogP contribution in [0.5, 0.6) is 5.75 Å². The minimum absolute atomic E-state index is 0.434. The van der Waals surface area contributed by atoms with Crippen molar-refractivity contribution < 1.29 is 5.11 Å². The van der Waals surface area contributed by atoms with Crippen molar-refractivity contribution in [2.24, 2.45) is 0 Å². The Labute approximate surface area is 116 Å². The molecular weight excluding hydrogens is 236 g/mol. The highest BCUT2D eigenvalue weighted by atomic mass is 16.3. The maximum Gasteiger partial charge on any atom is 0.121 e. The van der Waals surface area contributed by atoms with E-state index in [9.17, 15) is 5.11 Å². The Hall–Kier alpha value is -1.06. The fourth-order valence-corrected chi connectivity index (χ4v) is 3.04. The molecule has 0 saturated carbocycles. The van der Waals surface area contributed by atoms with Crippen molar-refractivity contribution in [1.82, 2.24) is 9.80 Å². The molecule has 3 nitrogen and oxygen atoms in total. The molecule has 2 atom stereocenters. The zero-order valence-corrected chi connectivity index (χ0v) is 12.8. The number of hydrogen-bond acceptors (Lipinski definition) is 3. The van der Waals surface area contributed by atoms with Crippen molar-refractivity contribution in [2.45, 2.75) is 46.3 Å². The Bertz CT molecular complexity index is 423.